The third kappa shape index (κ3) is 2.70. The standard InChI is InChI=1S/C13H12Cl2O2/c14-8-5-6-9(11(15)7-8)13(17)10-3-1-2-4-12(10)16/h5-7,10H,1-4H2. The van der Waals surface area contributed by atoms with Crippen molar-refractivity contribution in [2.24, 2.45) is 5.92 Å². The van der Waals surface area contributed by atoms with Gasteiger partial charge in [0.1, 0.15) is 5.78 Å². The summed E-state index contributed by atoms with van der Waals surface area (Å²) in [6.07, 6.45) is 2.95. The van der Waals surface area contributed by atoms with Crippen molar-refractivity contribution in [1.29, 1.82) is 0 Å². The molecule has 1 aliphatic carbocycles. The Hall–Kier alpha value is -0.860. The molecule has 90 valence electrons. The second kappa shape index (κ2) is 5.19. The van der Waals surface area contributed by atoms with Crippen molar-refractivity contribution in [3.63, 3.8) is 0 Å². The van der Waals surface area contributed by atoms with Crippen LogP contribution in [-0.2, 0) is 4.79 Å². The summed E-state index contributed by atoms with van der Waals surface area (Å²) >= 11 is 11.7. The van der Waals surface area contributed by atoms with E-state index in [2.05, 4.69) is 0 Å². The molecule has 1 aliphatic rings. The van der Waals surface area contributed by atoms with Crippen LogP contribution in [-0.4, -0.2) is 11.6 Å². The minimum Gasteiger partial charge on any atom is -0.299 e. The highest BCUT2D eigenvalue weighted by Crippen LogP contribution is 2.28. The molecule has 0 N–H and O–H groups in total. The zero-order chi connectivity index (χ0) is 12.4. The predicted octanol–water partition coefficient (Wildman–Crippen LogP) is 3.94. The predicted molar refractivity (Wildman–Crippen MR) is 67.8 cm³/mol. The molecule has 1 aromatic rings. The average Bonchev–Trinajstić information content (AvgIpc) is 2.29. The molecule has 2 rings (SSSR count). The highest BCUT2D eigenvalue weighted by molar-refractivity contribution is 6.37. The summed E-state index contributed by atoms with van der Waals surface area (Å²) in [5, 5.41) is 0.808. The fourth-order valence-corrected chi connectivity index (χ4v) is 2.64. The minimum absolute atomic E-state index is 0.0345. The van der Waals surface area contributed by atoms with E-state index in [1.54, 1.807) is 12.1 Å². The van der Waals surface area contributed by atoms with E-state index in [9.17, 15) is 9.59 Å². The summed E-state index contributed by atoms with van der Waals surface area (Å²) < 4.78 is 0. The highest BCUT2D eigenvalue weighted by Gasteiger charge is 2.30. The molecular formula is C13H12Cl2O2. The van der Waals surface area contributed by atoms with Gasteiger partial charge in [-0.25, -0.2) is 0 Å². The molecule has 1 saturated carbocycles. The maximum Gasteiger partial charge on any atom is 0.174 e. The summed E-state index contributed by atoms with van der Waals surface area (Å²) in [6.45, 7) is 0. The number of carbonyl (C=O) groups excluding carboxylic acids is 2. The molecule has 0 heterocycles. The Bertz CT molecular complexity index is 468. The topological polar surface area (TPSA) is 34.1 Å². The zero-order valence-corrected chi connectivity index (χ0v) is 10.7. The lowest BCUT2D eigenvalue weighted by Crippen LogP contribution is -2.27. The van der Waals surface area contributed by atoms with Crippen molar-refractivity contribution in [3.05, 3.63) is 33.8 Å². The monoisotopic (exact) mass is 270 g/mol. The number of hydrogen-bond donors (Lipinski definition) is 0. The van der Waals surface area contributed by atoms with Gasteiger partial charge < -0.3 is 0 Å². The number of hydrogen-bond acceptors (Lipinski definition) is 2. The van der Waals surface area contributed by atoms with Crippen LogP contribution in [0.5, 0.6) is 0 Å². The molecule has 1 atom stereocenters. The average molecular weight is 271 g/mol. The molecule has 0 aliphatic heterocycles. The van der Waals surface area contributed by atoms with Crippen LogP contribution in [0.3, 0.4) is 0 Å². The number of rotatable bonds is 2. The van der Waals surface area contributed by atoms with Gasteiger partial charge in [0.2, 0.25) is 0 Å². The highest BCUT2D eigenvalue weighted by atomic mass is 35.5. The molecule has 1 fully saturated rings. The molecule has 0 amide bonds. The first-order valence-electron chi connectivity index (χ1n) is 5.61. The van der Waals surface area contributed by atoms with Gasteiger partial charge in [-0.2, -0.15) is 0 Å². The lowest BCUT2D eigenvalue weighted by Gasteiger charge is -2.19. The summed E-state index contributed by atoms with van der Waals surface area (Å²) in [5.74, 6) is -0.647. The van der Waals surface area contributed by atoms with Crippen molar-refractivity contribution in [1.82, 2.24) is 0 Å². The van der Waals surface area contributed by atoms with Crippen LogP contribution < -0.4 is 0 Å². The minimum atomic E-state index is -0.512. The van der Waals surface area contributed by atoms with Crippen molar-refractivity contribution in [3.8, 4) is 0 Å². The fourth-order valence-electron chi connectivity index (χ4n) is 2.14. The molecule has 17 heavy (non-hydrogen) atoms. The first-order valence-corrected chi connectivity index (χ1v) is 6.37. The van der Waals surface area contributed by atoms with Crippen LogP contribution in [0.4, 0.5) is 0 Å². The van der Waals surface area contributed by atoms with Gasteiger partial charge in [-0.05, 0) is 31.0 Å². The molecule has 2 nitrogen and oxygen atoms in total. The van der Waals surface area contributed by atoms with E-state index >= 15 is 0 Å². The van der Waals surface area contributed by atoms with Gasteiger partial charge in [-0.15, -0.1) is 0 Å². The van der Waals surface area contributed by atoms with Gasteiger partial charge in [-0.1, -0.05) is 29.6 Å². The number of benzene rings is 1. The van der Waals surface area contributed by atoms with Crippen LogP contribution in [0.25, 0.3) is 0 Å². The summed E-state index contributed by atoms with van der Waals surface area (Å²) in [5.41, 5.74) is 0.399. The molecule has 0 saturated heterocycles. The van der Waals surface area contributed by atoms with Crippen LogP contribution in [0.1, 0.15) is 36.0 Å². The number of halogens is 2. The van der Waals surface area contributed by atoms with Crippen LogP contribution >= 0.6 is 23.2 Å². The zero-order valence-electron chi connectivity index (χ0n) is 9.21. The Kier molecular flexibility index (Phi) is 3.85. The van der Waals surface area contributed by atoms with Crippen LogP contribution in [0, 0.1) is 5.92 Å². The van der Waals surface area contributed by atoms with Gasteiger partial charge >= 0.3 is 0 Å². The molecule has 1 aromatic carbocycles. The van der Waals surface area contributed by atoms with Crippen LogP contribution in [0.2, 0.25) is 10.0 Å². The Balaban J connectivity index is 2.27. The smallest absolute Gasteiger partial charge is 0.174 e. The molecule has 0 aromatic heterocycles. The van der Waals surface area contributed by atoms with Crippen molar-refractivity contribution < 1.29 is 9.59 Å². The summed E-state index contributed by atoms with van der Waals surface area (Å²) in [7, 11) is 0. The van der Waals surface area contributed by atoms with E-state index in [0.717, 1.165) is 12.8 Å². The van der Waals surface area contributed by atoms with Gasteiger partial charge in [-0.3, -0.25) is 9.59 Å². The van der Waals surface area contributed by atoms with E-state index in [-0.39, 0.29) is 11.6 Å². The molecule has 0 spiro atoms. The first kappa shape index (κ1) is 12.6. The summed E-state index contributed by atoms with van der Waals surface area (Å²) in [4.78, 5) is 23.9. The van der Waals surface area contributed by atoms with E-state index in [1.807, 2.05) is 0 Å². The van der Waals surface area contributed by atoms with Crippen molar-refractivity contribution in [2.45, 2.75) is 25.7 Å². The van der Waals surface area contributed by atoms with Crippen molar-refractivity contribution in [2.75, 3.05) is 0 Å². The third-order valence-corrected chi connectivity index (χ3v) is 3.62. The largest absolute Gasteiger partial charge is 0.299 e. The number of ketones is 2. The number of carbonyl (C=O) groups is 2. The van der Waals surface area contributed by atoms with E-state index in [4.69, 9.17) is 23.2 Å². The molecular weight excluding hydrogens is 259 g/mol. The third-order valence-electron chi connectivity index (χ3n) is 3.07. The lowest BCUT2D eigenvalue weighted by atomic mass is 9.83. The van der Waals surface area contributed by atoms with E-state index in [0.29, 0.717) is 28.5 Å². The van der Waals surface area contributed by atoms with Gasteiger partial charge in [0.05, 0.1) is 10.9 Å². The van der Waals surface area contributed by atoms with Crippen molar-refractivity contribution >= 4 is 34.8 Å². The van der Waals surface area contributed by atoms with Gasteiger partial charge in [0.25, 0.3) is 0 Å². The van der Waals surface area contributed by atoms with Crippen LogP contribution in [0.15, 0.2) is 18.2 Å². The second-order valence-corrected chi connectivity index (χ2v) is 5.10. The molecule has 4 heteroatoms. The fraction of sp³-hybridized carbons (Fsp3) is 0.385. The quantitative estimate of drug-likeness (QED) is 0.603. The normalized spacial score (nSPS) is 20.4. The Labute approximate surface area is 110 Å². The Morgan fingerprint density at radius 1 is 1.24 bits per heavy atom. The molecule has 0 radical (unpaired) electrons. The lowest BCUT2D eigenvalue weighted by molar-refractivity contribution is -0.122. The number of Topliss-reactive ketones (excluding diaryl/α,β-unsaturated/α-hetero) is 2. The summed E-state index contributed by atoms with van der Waals surface area (Å²) in [6, 6.07) is 4.74. The second-order valence-electron chi connectivity index (χ2n) is 4.25. The van der Waals surface area contributed by atoms with Gasteiger partial charge in [0, 0.05) is 17.0 Å². The Morgan fingerprint density at radius 3 is 2.65 bits per heavy atom. The van der Waals surface area contributed by atoms with Gasteiger partial charge in [0.15, 0.2) is 5.78 Å². The first-order chi connectivity index (χ1) is 8.09. The van der Waals surface area contributed by atoms with E-state index in [1.165, 1.54) is 6.07 Å². The molecule has 0 bridgehead atoms. The maximum atomic E-state index is 12.2. The maximum absolute atomic E-state index is 12.2. The Morgan fingerprint density at radius 2 is 2.00 bits per heavy atom. The molecule has 1 unspecified atom stereocenters. The van der Waals surface area contributed by atoms with E-state index < -0.39 is 5.92 Å². The SMILES string of the molecule is O=C1CCCCC1C(=O)c1ccc(Cl)cc1Cl.